The van der Waals surface area contributed by atoms with Gasteiger partial charge in [0.05, 0.1) is 12.1 Å². The van der Waals surface area contributed by atoms with Crippen LogP contribution in [0.15, 0.2) is 42.0 Å². The molecule has 0 aliphatic carbocycles. The Balaban J connectivity index is 1.60. The number of aliphatic hydroxyl groups excluding tert-OH is 1. The van der Waals surface area contributed by atoms with Crippen molar-refractivity contribution in [2.45, 2.75) is 51.0 Å². The molecule has 174 valence electrons. The molecule has 4 atom stereocenters. The van der Waals surface area contributed by atoms with E-state index < -0.39 is 35.7 Å². The fourth-order valence-electron chi connectivity index (χ4n) is 4.21. The molecule has 0 radical (unpaired) electrons. The Morgan fingerprint density at radius 1 is 1.25 bits per heavy atom. The summed E-state index contributed by atoms with van der Waals surface area (Å²) in [7, 11) is 0. The fourth-order valence-corrected chi connectivity index (χ4v) is 4.21. The highest BCUT2D eigenvalue weighted by Crippen LogP contribution is 2.31. The summed E-state index contributed by atoms with van der Waals surface area (Å²) in [5.74, 6) is -2.06. The number of benzene rings is 1. The van der Waals surface area contributed by atoms with Crippen LogP contribution in [-0.2, 0) is 19.1 Å². The maximum atomic E-state index is 12.9. The third kappa shape index (κ3) is 5.03. The number of hydrogen-bond donors (Lipinski definition) is 3. The number of ether oxygens (including phenoxy) is 2. The van der Waals surface area contributed by atoms with Gasteiger partial charge in [0.2, 0.25) is 5.60 Å². The van der Waals surface area contributed by atoms with Crippen LogP contribution in [0.3, 0.4) is 0 Å². The highest BCUT2D eigenvalue weighted by molar-refractivity contribution is 5.88. The van der Waals surface area contributed by atoms with Crippen LogP contribution in [0, 0.1) is 5.92 Å². The van der Waals surface area contributed by atoms with Gasteiger partial charge in [-0.25, -0.2) is 9.59 Å². The first-order valence-corrected chi connectivity index (χ1v) is 10.8. The summed E-state index contributed by atoms with van der Waals surface area (Å²) >= 11 is 0. The second-order valence-electron chi connectivity index (χ2n) is 8.63. The van der Waals surface area contributed by atoms with Gasteiger partial charge in [0.25, 0.3) is 0 Å². The molecule has 3 rings (SSSR count). The van der Waals surface area contributed by atoms with Gasteiger partial charge in [0.1, 0.15) is 18.5 Å². The Hall–Kier alpha value is -2.68. The van der Waals surface area contributed by atoms with E-state index in [9.17, 15) is 24.9 Å². The Morgan fingerprint density at radius 3 is 2.59 bits per heavy atom. The van der Waals surface area contributed by atoms with Crippen molar-refractivity contribution >= 4 is 18.0 Å². The molecule has 2 heterocycles. The van der Waals surface area contributed by atoms with Crippen molar-refractivity contribution in [1.29, 1.82) is 0 Å². The van der Waals surface area contributed by atoms with Crippen molar-refractivity contribution in [3.63, 3.8) is 0 Å². The quantitative estimate of drug-likeness (QED) is 0.314. The normalized spacial score (nSPS) is 23.6. The van der Waals surface area contributed by atoms with Gasteiger partial charge in [-0.3, -0.25) is 4.90 Å². The highest BCUT2D eigenvalue weighted by Gasteiger charge is 2.49. The summed E-state index contributed by atoms with van der Waals surface area (Å²) in [6.07, 6.45) is 3.66. The number of carbonyl (C=O) groups is 2. The maximum absolute atomic E-state index is 12.9. The first kappa shape index (κ1) is 24.0. The summed E-state index contributed by atoms with van der Waals surface area (Å²) in [5.41, 5.74) is -0.537. The summed E-state index contributed by atoms with van der Waals surface area (Å²) in [6.45, 7) is 6.20. The van der Waals surface area contributed by atoms with Crippen molar-refractivity contribution in [2.24, 2.45) is 5.92 Å². The molecule has 8 heteroatoms. The lowest BCUT2D eigenvalue weighted by Crippen LogP contribution is -2.55. The summed E-state index contributed by atoms with van der Waals surface area (Å²) in [4.78, 5) is 27.2. The van der Waals surface area contributed by atoms with Crippen molar-refractivity contribution in [3.8, 4) is 5.75 Å². The molecule has 1 aromatic rings. The van der Waals surface area contributed by atoms with E-state index >= 15 is 0 Å². The number of aromatic hydroxyl groups is 1. The van der Waals surface area contributed by atoms with Crippen LogP contribution in [0.5, 0.6) is 5.75 Å². The molecule has 0 spiro atoms. The van der Waals surface area contributed by atoms with Gasteiger partial charge in [0.15, 0.2) is 0 Å². The van der Waals surface area contributed by atoms with E-state index in [1.165, 1.54) is 31.2 Å². The summed E-state index contributed by atoms with van der Waals surface area (Å²) in [6, 6.07) is 6.08. The van der Waals surface area contributed by atoms with Gasteiger partial charge in [-0.1, -0.05) is 32.1 Å². The zero-order valence-corrected chi connectivity index (χ0v) is 18.6. The van der Waals surface area contributed by atoms with Gasteiger partial charge in [0, 0.05) is 19.2 Å². The molecular formula is C24H31NO7. The molecule has 0 amide bonds. The second-order valence-corrected chi connectivity index (χ2v) is 8.63. The van der Waals surface area contributed by atoms with Gasteiger partial charge >= 0.3 is 11.9 Å². The van der Waals surface area contributed by atoms with Crippen LogP contribution < -0.4 is 0 Å². The summed E-state index contributed by atoms with van der Waals surface area (Å²) < 4.78 is 10.7. The molecule has 0 saturated carbocycles. The van der Waals surface area contributed by atoms with Gasteiger partial charge in [-0.15, -0.1) is 0 Å². The Kier molecular flexibility index (Phi) is 7.38. The summed E-state index contributed by atoms with van der Waals surface area (Å²) in [5, 5.41) is 30.6. The average molecular weight is 446 g/mol. The van der Waals surface area contributed by atoms with Gasteiger partial charge < -0.3 is 24.8 Å². The minimum absolute atomic E-state index is 0.0342. The number of rotatable bonds is 8. The number of nitrogens with zero attached hydrogens (tertiary/aromatic N) is 1. The average Bonchev–Trinajstić information content (AvgIpc) is 3.33. The molecular weight excluding hydrogens is 414 g/mol. The predicted molar refractivity (Wildman–Crippen MR) is 118 cm³/mol. The molecule has 1 unspecified atom stereocenters. The molecule has 8 nitrogen and oxygen atoms in total. The van der Waals surface area contributed by atoms with E-state index in [-0.39, 0.29) is 18.4 Å². The SMILES string of the molecule is CC(C)C(O)(C(=O)OCC1=CCN2CC[C@H](O)[C@@H]12)[C@H](C)OC(=O)/C=C/c1ccc(O)cc1. The standard InChI is InChI=1S/C24H31NO7/c1-15(2)24(30,16(3)32-21(28)9-6-17-4-7-19(26)8-5-17)23(29)31-14-18-10-12-25-13-11-20(27)22(18)25/h4-10,15-16,20,22,26-27,30H,11-14H2,1-3H3/b9-6+/t16-,20-,22+,24?/m0/s1. The molecule has 3 N–H and O–H groups in total. The largest absolute Gasteiger partial charge is 0.508 e. The minimum Gasteiger partial charge on any atom is -0.508 e. The van der Waals surface area contributed by atoms with Crippen LogP contribution in [0.4, 0.5) is 0 Å². The maximum Gasteiger partial charge on any atom is 0.342 e. The number of carbonyl (C=O) groups excluding carboxylic acids is 2. The van der Waals surface area contributed by atoms with Crippen molar-refractivity contribution in [3.05, 3.63) is 47.6 Å². The first-order chi connectivity index (χ1) is 15.1. The Morgan fingerprint density at radius 2 is 1.94 bits per heavy atom. The van der Waals surface area contributed by atoms with Gasteiger partial charge in [-0.05, 0) is 48.6 Å². The Bertz CT molecular complexity index is 892. The lowest BCUT2D eigenvalue weighted by Gasteiger charge is -2.34. The van der Waals surface area contributed by atoms with E-state index in [0.29, 0.717) is 18.5 Å². The Labute approximate surface area is 187 Å². The second kappa shape index (κ2) is 9.85. The number of phenols is 1. The smallest absolute Gasteiger partial charge is 0.342 e. The molecule has 2 aliphatic heterocycles. The zero-order chi connectivity index (χ0) is 23.5. The zero-order valence-electron chi connectivity index (χ0n) is 18.6. The molecule has 0 bridgehead atoms. The van der Waals surface area contributed by atoms with Crippen LogP contribution in [0.2, 0.25) is 0 Å². The third-order valence-electron chi connectivity index (χ3n) is 6.23. The van der Waals surface area contributed by atoms with Crippen LogP contribution in [0.1, 0.15) is 32.8 Å². The number of aliphatic hydroxyl groups is 2. The topological polar surface area (TPSA) is 117 Å². The predicted octanol–water partition coefficient (Wildman–Crippen LogP) is 1.64. The number of hydrogen-bond acceptors (Lipinski definition) is 8. The van der Waals surface area contributed by atoms with E-state index in [2.05, 4.69) is 4.90 Å². The first-order valence-electron chi connectivity index (χ1n) is 10.8. The van der Waals surface area contributed by atoms with Crippen LogP contribution in [0.25, 0.3) is 6.08 Å². The van der Waals surface area contributed by atoms with Crippen molar-refractivity contribution in [1.82, 2.24) is 4.90 Å². The highest BCUT2D eigenvalue weighted by atomic mass is 16.6. The lowest BCUT2D eigenvalue weighted by atomic mass is 9.85. The fraction of sp³-hybridized carbons (Fsp3) is 0.500. The molecule has 1 fully saturated rings. The number of esters is 2. The lowest BCUT2D eigenvalue weighted by molar-refractivity contribution is -0.191. The molecule has 2 aliphatic rings. The van der Waals surface area contributed by atoms with Crippen LogP contribution in [-0.4, -0.2) is 75.7 Å². The molecule has 1 aromatic carbocycles. The monoisotopic (exact) mass is 445 g/mol. The molecule has 1 saturated heterocycles. The minimum atomic E-state index is -2.03. The van der Waals surface area contributed by atoms with E-state index in [4.69, 9.17) is 9.47 Å². The van der Waals surface area contributed by atoms with E-state index in [1.807, 2.05) is 6.08 Å². The molecule has 0 aromatic heterocycles. The molecule has 32 heavy (non-hydrogen) atoms. The van der Waals surface area contributed by atoms with Crippen LogP contribution >= 0.6 is 0 Å². The van der Waals surface area contributed by atoms with E-state index in [1.54, 1.807) is 26.0 Å². The van der Waals surface area contributed by atoms with Gasteiger partial charge in [-0.2, -0.15) is 0 Å². The van der Waals surface area contributed by atoms with Crippen molar-refractivity contribution in [2.75, 3.05) is 19.7 Å². The third-order valence-corrected chi connectivity index (χ3v) is 6.23. The number of fused-ring (bicyclic) bond motifs is 1. The van der Waals surface area contributed by atoms with Crippen molar-refractivity contribution < 1.29 is 34.4 Å². The van der Waals surface area contributed by atoms with E-state index in [0.717, 1.165) is 12.1 Å². The number of phenolic OH excluding ortho intramolecular Hbond substituents is 1.